The van der Waals surface area contributed by atoms with E-state index < -0.39 is 0 Å². The van der Waals surface area contributed by atoms with E-state index in [1.807, 2.05) is 72.5 Å². The monoisotopic (exact) mass is 425 g/mol. The Morgan fingerprint density at radius 2 is 1.59 bits per heavy atom. The molecule has 3 aromatic carbocycles. The summed E-state index contributed by atoms with van der Waals surface area (Å²) in [6, 6.07) is 25.8. The van der Waals surface area contributed by atoms with Gasteiger partial charge in [-0.15, -0.1) is 0 Å². The van der Waals surface area contributed by atoms with Crippen molar-refractivity contribution in [1.82, 2.24) is 14.5 Å². The van der Waals surface area contributed by atoms with Crippen LogP contribution in [0.5, 0.6) is 0 Å². The average Bonchev–Trinajstić information content (AvgIpc) is 2.83. The molecular weight excluding hydrogens is 398 g/mol. The summed E-state index contributed by atoms with van der Waals surface area (Å²) in [7, 11) is 0. The molecule has 0 saturated carbocycles. The Morgan fingerprint density at radius 1 is 0.906 bits per heavy atom. The van der Waals surface area contributed by atoms with Gasteiger partial charge in [0.25, 0.3) is 5.56 Å². The zero-order chi connectivity index (χ0) is 22.3. The summed E-state index contributed by atoms with van der Waals surface area (Å²) < 4.78 is 1.54. The highest BCUT2D eigenvalue weighted by molar-refractivity contribution is 5.80. The summed E-state index contributed by atoms with van der Waals surface area (Å²) in [5.41, 5.74) is 3.87. The number of nitrogens with zero attached hydrogens (tertiary/aromatic N) is 3. The summed E-state index contributed by atoms with van der Waals surface area (Å²) in [4.78, 5) is 32.4. The fourth-order valence-electron chi connectivity index (χ4n) is 3.88. The van der Waals surface area contributed by atoms with Crippen molar-refractivity contribution in [3.8, 4) is 0 Å². The summed E-state index contributed by atoms with van der Waals surface area (Å²) in [5, 5.41) is 0.588. The standard InChI is InChI=1S/C27H27N3O2/c1-21-9-8-14-24-26(21)28-20-30(27(24)32)18-16-25(31)29(19-23-12-6-3-7-13-23)17-15-22-10-4-2-5-11-22/h2-14,20H,15-19H2,1H3. The fourth-order valence-corrected chi connectivity index (χ4v) is 3.88. The lowest BCUT2D eigenvalue weighted by molar-refractivity contribution is -0.132. The van der Waals surface area contributed by atoms with Crippen molar-refractivity contribution in [2.45, 2.75) is 32.9 Å². The number of aryl methyl sites for hydroxylation is 2. The lowest BCUT2D eigenvalue weighted by atomic mass is 10.1. The second-order valence-corrected chi connectivity index (χ2v) is 8.00. The van der Waals surface area contributed by atoms with Crippen molar-refractivity contribution in [3.63, 3.8) is 0 Å². The molecule has 0 aliphatic carbocycles. The van der Waals surface area contributed by atoms with E-state index in [1.54, 1.807) is 12.4 Å². The molecule has 0 bridgehead atoms. The van der Waals surface area contributed by atoms with E-state index in [1.165, 1.54) is 10.1 Å². The van der Waals surface area contributed by atoms with Crippen LogP contribution in [0.25, 0.3) is 10.9 Å². The van der Waals surface area contributed by atoms with Crippen LogP contribution in [-0.2, 0) is 24.3 Å². The highest BCUT2D eigenvalue weighted by atomic mass is 16.2. The maximum atomic E-state index is 13.2. The molecule has 1 aromatic heterocycles. The van der Waals surface area contributed by atoms with Crippen LogP contribution in [0.3, 0.4) is 0 Å². The fraction of sp³-hybridized carbons (Fsp3) is 0.222. The Bertz CT molecular complexity index is 1250. The number of benzene rings is 3. The molecule has 0 N–H and O–H groups in total. The smallest absolute Gasteiger partial charge is 0.261 e. The van der Waals surface area contributed by atoms with E-state index in [9.17, 15) is 9.59 Å². The molecule has 0 aliphatic heterocycles. The van der Waals surface area contributed by atoms with Crippen molar-refractivity contribution in [1.29, 1.82) is 0 Å². The van der Waals surface area contributed by atoms with Gasteiger partial charge in [0.2, 0.25) is 5.91 Å². The topological polar surface area (TPSA) is 55.2 Å². The van der Waals surface area contributed by atoms with Gasteiger partial charge in [0.05, 0.1) is 17.2 Å². The Morgan fingerprint density at radius 3 is 2.31 bits per heavy atom. The van der Waals surface area contributed by atoms with Gasteiger partial charge in [0.1, 0.15) is 0 Å². The molecule has 1 heterocycles. The number of carbonyl (C=O) groups is 1. The Balaban J connectivity index is 1.48. The third-order valence-corrected chi connectivity index (χ3v) is 5.70. The molecule has 0 atom stereocenters. The summed E-state index contributed by atoms with van der Waals surface area (Å²) in [5.74, 6) is 0.0287. The summed E-state index contributed by atoms with van der Waals surface area (Å²) in [6.45, 7) is 3.43. The van der Waals surface area contributed by atoms with E-state index in [0.29, 0.717) is 30.5 Å². The number of amides is 1. The molecule has 0 unspecified atom stereocenters. The van der Waals surface area contributed by atoms with E-state index in [4.69, 9.17) is 0 Å². The lowest BCUT2D eigenvalue weighted by Crippen LogP contribution is -2.34. The zero-order valence-corrected chi connectivity index (χ0v) is 18.3. The number of fused-ring (bicyclic) bond motifs is 1. The molecule has 5 nitrogen and oxygen atoms in total. The van der Waals surface area contributed by atoms with Gasteiger partial charge in [-0.3, -0.25) is 14.2 Å². The summed E-state index contributed by atoms with van der Waals surface area (Å²) >= 11 is 0. The van der Waals surface area contributed by atoms with Crippen LogP contribution in [0.1, 0.15) is 23.1 Å². The second-order valence-electron chi connectivity index (χ2n) is 8.00. The minimum Gasteiger partial charge on any atom is -0.338 e. The quantitative estimate of drug-likeness (QED) is 0.421. The number of hydrogen-bond donors (Lipinski definition) is 0. The number of rotatable bonds is 8. The average molecular weight is 426 g/mol. The molecule has 0 spiro atoms. The third kappa shape index (κ3) is 5.11. The molecule has 5 heteroatoms. The van der Waals surface area contributed by atoms with Gasteiger partial charge < -0.3 is 4.90 Å². The number of para-hydroxylation sites is 1. The molecule has 162 valence electrons. The first-order chi connectivity index (χ1) is 15.6. The molecule has 0 aliphatic rings. The van der Waals surface area contributed by atoms with Crippen LogP contribution in [0, 0.1) is 6.92 Å². The molecule has 4 rings (SSSR count). The molecule has 0 fully saturated rings. The first-order valence-corrected chi connectivity index (χ1v) is 10.9. The van der Waals surface area contributed by atoms with E-state index in [0.717, 1.165) is 17.5 Å². The van der Waals surface area contributed by atoms with Gasteiger partial charge in [-0.1, -0.05) is 72.8 Å². The van der Waals surface area contributed by atoms with E-state index in [2.05, 4.69) is 17.1 Å². The van der Waals surface area contributed by atoms with Crippen molar-refractivity contribution in [3.05, 3.63) is 112 Å². The number of carbonyl (C=O) groups excluding carboxylic acids is 1. The van der Waals surface area contributed by atoms with E-state index in [-0.39, 0.29) is 17.9 Å². The van der Waals surface area contributed by atoms with Crippen LogP contribution in [0.15, 0.2) is 90.0 Å². The van der Waals surface area contributed by atoms with E-state index >= 15 is 0 Å². The maximum absolute atomic E-state index is 13.2. The predicted molar refractivity (Wildman–Crippen MR) is 127 cm³/mol. The number of aromatic nitrogens is 2. The predicted octanol–water partition coefficient (Wildman–Crippen LogP) is 4.37. The lowest BCUT2D eigenvalue weighted by Gasteiger charge is -2.23. The van der Waals surface area contributed by atoms with Crippen molar-refractivity contribution in [2.75, 3.05) is 6.54 Å². The van der Waals surface area contributed by atoms with Crippen LogP contribution < -0.4 is 5.56 Å². The highest BCUT2D eigenvalue weighted by Gasteiger charge is 2.15. The summed E-state index contributed by atoms with van der Waals surface area (Å²) in [6.07, 6.45) is 2.59. The Labute approximate surface area is 188 Å². The Kier molecular flexibility index (Phi) is 6.75. The Hall–Kier alpha value is -3.73. The van der Waals surface area contributed by atoms with Gasteiger partial charge in [0, 0.05) is 26.1 Å². The number of hydrogen-bond acceptors (Lipinski definition) is 3. The second kappa shape index (κ2) is 10.1. The maximum Gasteiger partial charge on any atom is 0.261 e. The minimum absolute atomic E-state index is 0.0287. The first kappa shape index (κ1) is 21.5. The van der Waals surface area contributed by atoms with Gasteiger partial charge in [-0.05, 0) is 36.1 Å². The van der Waals surface area contributed by atoms with Crippen LogP contribution in [0.2, 0.25) is 0 Å². The molecule has 1 amide bonds. The van der Waals surface area contributed by atoms with Gasteiger partial charge in [0.15, 0.2) is 0 Å². The normalized spacial score (nSPS) is 10.9. The molecule has 0 radical (unpaired) electrons. The molecule has 0 saturated heterocycles. The molecule has 4 aromatic rings. The van der Waals surface area contributed by atoms with Gasteiger partial charge in [-0.2, -0.15) is 0 Å². The highest BCUT2D eigenvalue weighted by Crippen LogP contribution is 2.12. The third-order valence-electron chi connectivity index (χ3n) is 5.70. The zero-order valence-electron chi connectivity index (χ0n) is 18.3. The molecule has 32 heavy (non-hydrogen) atoms. The largest absolute Gasteiger partial charge is 0.338 e. The van der Waals surface area contributed by atoms with Gasteiger partial charge in [-0.25, -0.2) is 4.98 Å². The van der Waals surface area contributed by atoms with Crippen LogP contribution >= 0.6 is 0 Å². The molecular formula is C27H27N3O2. The van der Waals surface area contributed by atoms with Crippen LogP contribution in [-0.4, -0.2) is 26.9 Å². The first-order valence-electron chi connectivity index (χ1n) is 10.9. The SMILES string of the molecule is Cc1cccc2c(=O)n(CCC(=O)N(CCc3ccccc3)Cc3ccccc3)cnc12. The van der Waals surface area contributed by atoms with Crippen molar-refractivity contribution < 1.29 is 4.79 Å². The minimum atomic E-state index is -0.106. The van der Waals surface area contributed by atoms with Gasteiger partial charge >= 0.3 is 0 Å². The van der Waals surface area contributed by atoms with Crippen LogP contribution in [0.4, 0.5) is 0 Å². The van der Waals surface area contributed by atoms with Crippen molar-refractivity contribution >= 4 is 16.8 Å². The van der Waals surface area contributed by atoms with Crippen molar-refractivity contribution in [2.24, 2.45) is 0 Å².